The highest BCUT2D eigenvalue weighted by molar-refractivity contribution is 5.54. The Bertz CT molecular complexity index is 362. The van der Waals surface area contributed by atoms with Gasteiger partial charge in [0, 0.05) is 6.07 Å². The number of nitrogens with one attached hydrogen (secondary N) is 1. The zero-order chi connectivity index (χ0) is 10.0. The lowest BCUT2D eigenvalue weighted by molar-refractivity contribution is 0.141. The predicted octanol–water partition coefficient (Wildman–Crippen LogP) is 0.903. The van der Waals surface area contributed by atoms with E-state index in [1.165, 1.54) is 7.11 Å². The molecule has 13 heavy (non-hydrogen) atoms. The number of hydrogen-bond donors (Lipinski definition) is 2. The Kier molecular flexibility index (Phi) is 2.50. The molecule has 0 aromatic carbocycles. The van der Waals surface area contributed by atoms with E-state index in [1.807, 2.05) is 4.98 Å². The van der Waals surface area contributed by atoms with Crippen molar-refractivity contribution in [2.24, 2.45) is 0 Å². The molecule has 0 spiro atoms. The first-order valence-corrected chi connectivity index (χ1v) is 3.41. The van der Waals surface area contributed by atoms with Gasteiger partial charge in [-0.25, -0.2) is 8.78 Å². The van der Waals surface area contributed by atoms with Gasteiger partial charge in [0.05, 0.1) is 12.8 Å². The van der Waals surface area contributed by atoms with Gasteiger partial charge in [-0.15, -0.1) is 0 Å². The van der Waals surface area contributed by atoms with E-state index >= 15 is 0 Å². The molecule has 0 atom stereocenters. The third-order valence-electron chi connectivity index (χ3n) is 1.47. The van der Waals surface area contributed by atoms with E-state index in [0.717, 1.165) is 6.07 Å². The van der Waals surface area contributed by atoms with Crippen LogP contribution in [0.5, 0.6) is 5.75 Å². The number of H-pyrrole nitrogens is 1. The van der Waals surface area contributed by atoms with Crippen LogP contribution >= 0.6 is 0 Å². The molecule has 0 bridgehead atoms. The fourth-order valence-corrected chi connectivity index (χ4v) is 0.969. The molecule has 3 N–H and O–H groups in total. The maximum absolute atomic E-state index is 12.3. The highest BCUT2D eigenvalue weighted by atomic mass is 19.3. The number of nitrogens with two attached hydrogens (primary N) is 1. The van der Waals surface area contributed by atoms with E-state index < -0.39 is 17.7 Å². The standard InChI is InChI=1S/C7H8F2N2O2/c1-13-6-3(10)2-4(12)11-5(6)7(8)9/h2,7H,1H3,(H3,10,11,12). The molecule has 1 aromatic heterocycles. The quantitative estimate of drug-likeness (QED) is 0.728. The number of pyridine rings is 1. The van der Waals surface area contributed by atoms with E-state index in [-0.39, 0.29) is 11.4 Å². The van der Waals surface area contributed by atoms with Gasteiger partial charge in [-0.05, 0) is 0 Å². The van der Waals surface area contributed by atoms with Crippen LogP contribution in [0.15, 0.2) is 10.9 Å². The predicted molar refractivity (Wildman–Crippen MR) is 43.0 cm³/mol. The Morgan fingerprint density at radius 2 is 2.23 bits per heavy atom. The number of methoxy groups -OCH3 is 1. The summed E-state index contributed by atoms with van der Waals surface area (Å²) in [6.45, 7) is 0. The number of rotatable bonds is 2. The Balaban J connectivity index is 3.38. The van der Waals surface area contributed by atoms with Crippen LogP contribution in [-0.2, 0) is 0 Å². The van der Waals surface area contributed by atoms with Crippen molar-refractivity contribution in [1.29, 1.82) is 0 Å². The van der Waals surface area contributed by atoms with Crippen LogP contribution < -0.4 is 16.0 Å². The lowest BCUT2D eigenvalue weighted by atomic mass is 10.3. The van der Waals surface area contributed by atoms with Crippen LogP contribution in [0.1, 0.15) is 12.1 Å². The number of aromatic nitrogens is 1. The Morgan fingerprint density at radius 1 is 1.62 bits per heavy atom. The molecule has 4 nitrogen and oxygen atoms in total. The third kappa shape index (κ3) is 1.77. The summed E-state index contributed by atoms with van der Waals surface area (Å²) >= 11 is 0. The molecule has 0 saturated heterocycles. The summed E-state index contributed by atoms with van der Waals surface area (Å²) in [5.41, 5.74) is 3.93. The Morgan fingerprint density at radius 3 is 2.69 bits per heavy atom. The first kappa shape index (κ1) is 9.50. The average Bonchev–Trinajstić information content (AvgIpc) is 2.02. The second kappa shape index (κ2) is 3.42. The largest absolute Gasteiger partial charge is 0.493 e. The molecule has 0 aliphatic rings. The topological polar surface area (TPSA) is 68.1 Å². The monoisotopic (exact) mass is 190 g/mol. The van der Waals surface area contributed by atoms with Crippen molar-refractivity contribution in [2.45, 2.75) is 6.43 Å². The van der Waals surface area contributed by atoms with E-state index in [4.69, 9.17) is 5.73 Å². The second-order valence-corrected chi connectivity index (χ2v) is 2.34. The second-order valence-electron chi connectivity index (χ2n) is 2.34. The summed E-state index contributed by atoms with van der Waals surface area (Å²) in [5.74, 6) is -0.186. The van der Waals surface area contributed by atoms with Crippen LogP contribution in [0.25, 0.3) is 0 Å². The van der Waals surface area contributed by atoms with Crippen LogP contribution in [0.4, 0.5) is 14.5 Å². The highest BCUT2D eigenvalue weighted by Crippen LogP contribution is 2.29. The number of anilines is 1. The van der Waals surface area contributed by atoms with Gasteiger partial charge in [0.25, 0.3) is 12.0 Å². The SMILES string of the molecule is COc1c(N)cc(=O)[nH]c1C(F)F. The fourth-order valence-electron chi connectivity index (χ4n) is 0.969. The molecule has 0 unspecified atom stereocenters. The maximum atomic E-state index is 12.3. The van der Waals surface area contributed by atoms with E-state index in [2.05, 4.69) is 4.74 Å². The minimum absolute atomic E-state index is 0.0958. The van der Waals surface area contributed by atoms with Crippen molar-refractivity contribution in [3.8, 4) is 5.75 Å². The first-order chi connectivity index (χ1) is 6.06. The normalized spacial score (nSPS) is 10.5. The molecule has 0 radical (unpaired) electrons. The van der Waals surface area contributed by atoms with Gasteiger partial charge in [0.2, 0.25) is 0 Å². The van der Waals surface area contributed by atoms with E-state index in [1.54, 1.807) is 0 Å². The molecular formula is C7H8F2N2O2. The molecule has 72 valence electrons. The van der Waals surface area contributed by atoms with E-state index in [9.17, 15) is 13.6 Å². The van der Waals surface area contributed by atoms with Gasteiger partial charge >= 0.3 is 0 Å². The number of hydrogen-bond acceptors (Lipinski definition) is 3. The van der Waals surface area contributed by atoms with Crippen molar-refractivity contribution in [3.05, 3.63) is 22.1 Å². The first-order valence-electron chi connectivity index (χ1n) is 3.41. The zero-order valence-corrected chi connectivity index (χ0v) is 6.80. The van der Waals surface area contributed by atoms with Crippen LogP contribution in [0.2, 0.25) is 0 Å². The number of ether oxygens (including phenoxy) is 1. The average molecular weight is 190 g/mol. The zero-order valence-electron chi connectivity index (χ0n) is 6.80. The molecule has 0 fully saturated rings. The van der Waals surface area contributed by atoms with Crippen molar-refractivity contribution in [1.82, 2.24) is 4.98 Å². The lowest BCUT2D eigenvalue weighted by Crippen LogP contribution is -2.12. The molecule has 1 heterocycles. The number of aromatic amines is 1. The van der Waals surface area contributed by atoms with Crippen molar-refractivity contribution in [2.75, 3.05) is 12.8 Å². The van der Waals surface area contributed by atoms with Crippen LogP contribution in [0.3, 0.4) is 0 Å². The molecule has 1 rings (SSSR count). The van der Waals surface area contributed by atoms with E-state index in [0.29, 0.717) is 0 Å². The van der Waals surface area contributed by atoms with Crippen molar-refractivity contribution >= 4 is 5.69 Å². The number of halogens is 2. The van der Waals surface area contributed by atoms with Crippen molar-refractivity contribution < 1.29 is 13.5 Å². The van der Waals surface area contributed by atoms with Gasteiger partial charge in [-0.3, -0.25) is 4.79 Å². The molecule has 0 amide bonds. The molecule has 0 aliphatic heterocycles. The van der Waals surface area contributed by atoms with Crippen molar-refractivity contribution in [3.63, 3.8) is 0 Å². The lowest BCUT2D eigenvalue weighted by Gasteiger charge is -2.08. The van der Waals surface area contributed by atoms with Crippen LogP contribution in [0, 0.1) is 0 Å². The Hall–Kier alpha value is -1.59. The summed E-state index contributed by atoms with van der Waals surface area (Å²) in [7, 11) is 1.20. The summed E-state index contributed by atoms with van der Waals surface area (Å²) < 4.78 is 29.2. The van der Waals surface area contributed by atoms with Gasteiger partial charge in [0.1, 0.15) is 5.69 Å². The number of alkyl halides is 2. The van der Waals surface area contributed by atoms with Gasteiger partial charge in [-0.2, -0.15) is 0 Å². The van der Waals surface area contributed by atoms with Crippen LogP contribution in [-0.4, -0.2) is 12.1 Å². The summed E-state index contributed by atoms with van der Waals surface area (Å²) in [4.78, 5) is 12.7. The molecular weight excluding hydrogens is 182 g/mol. The maximum Gasteiger partial charge on any atom is 0.282 e. The minimum Gasteiger partial charge on any atom is -0.493 e. The fraction of sp³-hybridized carbons (Fsp3) is 0.286. The van der Waals surface area contributed by atoms with Gasteiger partial charge in [-0.1, -0.05) is 0 Å². The van der Waals surface area contributed by atoms with Gasteiger partial charge < -0.3 is 15.5 Å². The molecule has 1 aromatic rings. The van der Waals surface area contributed by atoms with Gasteiger partial charge in [0.15, 0.2) is 5.75 Å². The molecule has 6 heteroatoms. The Labute approximate surface area is 72.3 Å². The minimum atomic E-state index is -2.81. The molecule has 0 aliphatic carbocycles. The summed E-state index contributed by atoms with van der Waals surface area (Å²) in [6, 6.07) is 0.991. The third-order valence-corrected chi connectivity index (χ3v) is 1.47. The highest BCUT2D eigenvalue weighted by Gasteiger charge is 2.17. The summed E-state index contributed by atoms with van der Waals surface area (Å²) in [6.07, 6.45) is -2.81. The summed E-state index contributed by atoms with van der Waals surface area (Å²) in [5, 5.41) is 0. The molecule has 0 saturated carbocycles. The smallest absolute Gasteiger partial charge is 0.282 e. The number of nitrogen functional groups attached to an aromatic ring is 1.